The van der Waals surface area contributed by atoms with Crippen LogP contribution in [0.3, 0.4) is 0 Å². The SMILES string of the molecule is Brc1cnc2c(c1)Oc1cc(Br)cnc1N2CCCN1CC2COCC(C2)C1. The fourth-order valence-electron chi connectivity index (χ4n) is 4.52. The van der Waals surface area contributed by atoms with Crippen molar-refractivity contribution in [2.75, 3.05) is 44.3 Å². The molecular formula is C20H22Br2N4O2. The summed E-state index contributed by atoms with van der Waals surface area (Å²) in [5.41, 5.74) is 0. The van der Waals surface area contributed by atoms with Gasteiger partial charge >= 0.3 is 0 Å². The second-order valence-electron chi connectivity index (χ2n) is 7.82. The number of anilines is 2. The molecule has 0 saturated carbocycles. The number of pyridine rings is 2. The zero-order chi connectivity index (χ0) is 19.1. The lowest BCUT2D eigenvalue weighted by molar-refractivity contribution is -0.0403. The van der Waals surface area contributed by atoms with E-state index in [2.05, 4.69) is 51.6 Å². The lowest BCUT2D eigenvalue weighted by Gasteiger charge is -2.41. The second kappa shape index (κ2) is 7.89. The molecule has 2 fully saturated rings. The number of hydrogen-bond donors (Lipinski definition) is 0. The first-order chi connectivity index (χ1) is 13.7. The third-order valence-corrected chi connectivity index (χ3v) is 6.46. The molecule has 0 aromatic carbocycles. The standard InChI is InChI=1S/C20H22Br2N4O2/c21-15-5-17-19(23-7-15)26(20-18(28-17)6-16(22)8-24-20)3-1-2-25-9-13-4-14(10-25)12-27-11-13/h5-8,13-14H,1-4,9-12H2. The Kier molecular flexibility index (Phi) is 5.30. The number of aromatic nitrogens is 2. The molecule has 0 aliphatic carbocycles. The Hall–Kier alpha value is -1.22. The van der Waals surface area contributed by atoms with Crippen molar-refractivity contribution in [1.29, 1.82) is 0 Å². The van der Waals surface area contributed by atoms with E-state index in [4.69, 9.17) is 9.47 Å². The maximum Gasteiger partial charge on any atom is 0.177 e. The maximum atomic E-state index is 6.06. The highest BCUT2D eigenvalue weighted by Gasteiger charge is 2.31. The summed E-state index contributed by atoms with van der Waals surface area (Å²) in [6, 6.07) is 3.93. The van der Waals surface area contributed by atoms with Crippen LogP contribution in [-0.4, -0.2) is 54.3 Å². The van der Waals surface area contributed by atoms with Crippen LogP contribution in [-0.2, 0) is 4.74 Å². The van der Waals surface area contributed by atoms with Crippen molar-refractivity contribution in [3.63, 3.8) is 0 Å². The first-order valence-electron chi connectivity index (χ1n) is 9.72. The van der Waals surface area contributed by atoms with Crippen LogP contribution in [0.15, 0.2) is 33.5 Å². The molecule has 2 bridgehead atoms. The molecule has 2 aromatic rings. The van der Waals surface area contributed by atoms with Gasteiger partial charge in [0.05, 0.1) is 13.2 Å². The van der Waals surface area contributed by atoms with Crippen LogP contribution in [0.1, 0.15) is 12.8 Å². The van der Waals surface area contributed by atoms with Crippen molar-refractivity contribution >= 4 is 43.5 Å². The number of nitrogens with zero attached hydrogens (tertiary/aromatic N) is 4. The summed E-state index contributed by atoms with van der Waals surface area (Å²) in [6.45, 7) is 6.10. The van der Waals surface area contributed by atoms with Crippen LogP contribution in [0.4, 0.5) is 11.6 Å². The van der Waals surface area contributed by atoms with Gasteiger partial charge in [-0.25, -0.2) is 9.97 Å². The number of fused-ring (bicyclic) bond motifs is 4. The molecule has 0 spiro atoms. The summed E-state index contributed by atoms with van der Waals surface area (Å²) in [4.78, 5) is 14.0. The molecule has 148 valence electrons. The van der Waals surface area contributed by atoms with Crippen molar-refractivity contribution < 1.29 is 9.47 Å². The van der Waals surface area contributed by atoms with E-state index in [0.717, 1.165) is 77.9 Å². The number of halogens is 2. The summed E-state index contributed by atoms with van der Waals surface area (Å²) in [5, 5.41) is 0. The van der Waals surface area contributed by atoms with Gasteiger partial charge in [-0.1, -0.05) is 0 Å². The second-order valence-corrected chi connectivity index (χ2v) is 9.65. The Morgan fingerprint density at radius 2 is 1.54 bits per heavy atom. The molecule has 2 saturated heterocycles. The van der Waals surface area contributed by atoms with Crippen molar-refractivity contribution in [2.24, 2.45) is 11.8 Å². The third-order valence-electron chi connectivity index (χ3n) is 5.59. The molecule has 8 heteroatoms. The maximum absolute atomic E-state index is 6.06. The van der Waals surface area contributed by atoms with Crippen molar-refractivity contribution in [2.45, 2.75) is 12.8 Å². The molecule has 3 aliphatic rings. The molecule has 0 amide bonds. The number of rotatable bonds is 4. The van der Waals surface area contributed by atoms with E-state index in [1.807, 2.05) is 24.5 Å². The zero-order valence-corrected chi connectivity index (χ0v) is 18.7. The van der Waals surface area contributed by atoms with E-state index in [-0.39, 0.29) is 0 Å². The van der Waals surface area contributed by atoms with Gasteiger partial charge in [-0.3, -0.25) is 0 Å². The Morgan fingerprint density at radius 3 is 2.14 bits per heavy atom. The molecule has 5 rings (SSSR count). The van der Waals surface area contributed by atoms with Gasteiger partial charge in [0.1, 0.15) is 0 Å². The average molecular weight is 510 g/mol. The third kappa shape index (κ3) is 3.79. The minimum Gasteiger partial charge on any atom is -0.449 e. The monoisotopic (exact) mass is 508 g/mol. The van der Waals surface area contributed by atoms with E-state index in [1.54, 1.807) is 0 Å². The van der Waals surface area contributed by atoms with E-state index in [1.165, 1.54) is 6.42 Å². The molecule has 2 aromatic heterocycles. The highest BCUT2D eigenvalue weighted by molar-refractivity contribution is 9.10. The number of hydrogen-bond acceptors (Lipinski definition) is 6. The van der Waals surface area contributed by atoms with Crippen LogP contribution < -0.4 is 9.64 Å². The van der Waals surface area contributed by atoms with Crippen molar-refractivity contribution in [3.05, 3.63) is 33.5 Å². The van der Waals surface area contributed by atoms with E-state index >= 15 is 0 Å². The molecule has 3 aliphatic heterocycles. The Balaban J connectivity index is 1.32. The number of piperidine rings is 1. The summed E-state index contributed by atoms with van der Waals surface area (Å²) < 4.78 is 13.6. The van der Waals surface area contributed by atoms with Gasteiger partial charge in [0.15, 0.2) is 23.1 Å². The number of ether oxygens (including phenoxy) is 2. The summed E-state index contributed by atoms with van der Waals surface area (Å²) in [5.74, 6) is 4.58. The number of likely N-dealkylation sites (tertiary alicyclic amines) is 1. The summed E-state index contributed by atoms with van der Waals surface area (Å²) in [6.07, 6.45) is 6.00. The lowest BCUT2D eigenvalue weighted by atomic mass is 9.88. The van der Waals surface area contributed by atoms with Gasteiger partial charge in [-0.2, -0.15) is 0 Å². The largest absolute Gasteiger partial charge is 0.449 e. The summed E-state index contributed by atoms with van der Waals surface area (Å²) in [7, 11) is 0. The Morgan fingerprint density at radius 1 is 0.929 bits per heavy atom. The van der Waals surface area contributed by atoms with Crippen molar-refractivity contribution in [3.8, 4) is 11.5 Å². The van der Waals surface area contributed by atoms with Gasteiger partial charge in [0.25, 0.3) is 0 Å². The van der Waals surface area contributed by atoms with Gasteiger partial charge in [0.2, 0.25) is 0 Å². The fraction of sp³-hybridized carbons (Fsp3) is 0.500. The topological polar surface area (TPSA) is 50.7 Å². The summed E-state index contributed by atoms with van der Waals surface area (Å²) >= 11 is 6.98. The molecular weight excluding hydrogens is 488 g/mol. The van der Waals surface area contributed by atoms with Gasteiger partial charge < -0.3 is 19.3 Å². The molecule has 0 radical (unpaired) electrons. The molecule has 5 heterocycles. The van der Waals surface area contributed by atoms with E-state index in [0.29, 0.717) is 11.8 Å². The average Bonchev–Trinajstić information content (AvgIpc) is 2.66. The van der Waals surface area contributed by atoms with Gasteiger partial charge in [-0.05, 0) is 63.1 Å². The fourth-order valence-corrected chi connectivity index (χ4v) is 5.14. The first-order valence-corrected chi connectivity index (χ1v) is 11.3. The highest BCUT2D eigenvalue weighted by Crippen LogP contribution is 2.45. The van der Waals surface area contributed by atoms with E-state index in [9.17, 15) is 0 Å². The first kappa shape index (κ1) is 18.8. The minimum absolute atomic E-state index is 0.704. The van der Waals surface area contributed by atoms with Gasteiger partial charge in [-0.15, -0.1) is 0 Å². The van der Waals surface area contributed by atoms with E-state index < -0.39 is 0 Å². The lowest BCUT2D eigenvalue weighted by Crippen LogP contribution is -2.47. The molecule has 0 N–H and O–H groups in total. The predicted molar refractivity (Wildman–Crippen MR) is 114 cm³/mol. The van der Waals surface area contributed by atoms with Crippen LogP contribution in [0.2, 0.25) is 0 Å². The predicted octanol–water partition coefficient (Wildman–Crippen LogP) is 4.60. The normalized spacial score (nSPS) is 23.7. The van der Waals surface area contributed by atoms with Crippen LogP contribution in [0.5, 0.6) is 11.5 Å². The highest BCUT2D eigenvalue weighted by atomic mass is 79.9. The van der Waals surface area contributed by atoms with Gasteiger partial charge in [0, 0.05) is 53.1 Å². The zero-order valence-electron chi connectivity index (χ0n) is 15.5. The molecule has 6 nitrogen and oxygen atoms in total. The minimum atomic E-state index is 0.704. The van der Waals surface area contributed by atoms with Crippen LogP contribution >= 0.6 is 31.9 Å². The Labute approximate surface area is 181 Å². The molecule has 2 atom stereocenters. The van der Waals surface area contributed by atoms with Crippen LogP contribution in [0, 0.1) is 11.8 Å². The molecule has 2 unspecified atom stereocenters. The van der Waals surface area contributed by atoms with Crippen LogP contribution in [0.25, 0.3) is 0 Å². The van der Waals surface area contributed by atoms with Crippen molar-refractivity contribution in [1.82, 2.24) is 14.9 Å². The Bertz CT molecular complexity index is 818. The smallest absolute Gasteiger partial charge is 0.177 e. The quantitative estimate of drug-likeness (QED) is 0.600. The molecule has 28 heavy (non-hydrogen) atoms.